The predicted octanol–water partition coefficient (Wildman–Crippen LogP) is 3.04. The first-order valence-corrected chi connectivity index (χ1v) is 6.58. The largest absolute Gasteiger partial charge is 0.504 e. The van der Waals surface area contributed by atoms with Crippen LogP contribution in [0.5, 0.6) is 11.5 Å². The van der Waals surface area contributed by atoms with Crippen LogP contribution >= 0.6 is 0 Å². The molecule has 2 amide bonds. The van der Waals surface area contributed by atoms with E-state index in [9.17, 15) is 15.0 Å². The summed E-state index contributed by atoms with van der Waals surface area (Å²) in [5, 5.41) is 24.1. The Morgan fingerprint density at radius 1 is 1.05 bits per heavy atom. The first-order valence-electron chi connectivity index (χ1n) is 6.58. The number of nitrogens with one attached hydrogen (secondary N) is 2. The van der Waals surface area contributed by atoms with Gasteiger partial charge in [-0.1, -0.05) is 23.8 Å². The van der Waals surface area contributed by atoms with Gasteiger partial charge in [-0.25, -0.2) is 4.79 Å². The maximum absolute atomic E-state index is 11.8. The van der Waals surface area contributed by atoms with Crippen LogP contribution < -0.4 is 10.6 Å². The number of phenolic OH excluding ortho intramolecular Hbond substituents is 2. The molecule has 0 aromatic heterocycles. The Bertz CT molecular complexity index is 669. The lowest BCUT2D eigenvalue weighted by atomic mass is 10.1. The van der Waals surface area contributed by atoms with E-state index in [1.807, 2.05) is 32.0 Å². The van der Waals surface area contributed by atoms with Crippen LogP contribution in [0.25, 0.3) is 0 Å². The minimum Gasteiger partial charge on any atom is -0.504 e. The maximum atomic E-state index is 11.8. The predicted molar refractivity (Wildman–Crippen MR) is 81.5 cm³/mol. The van der Waals surface area contributed by atoms with Crippen LogP contribution in [0, 0.1) is 13.8 Å². The topological polar surface area (TPSA) is 81.6 Å². The van der Waals surface area contributed by atoms with Crippen molar-refractivity contribution in [2.45, 2.75) is 20.4 Å². The fourth-order valence-corrected chi connectivity index (χ4v) is 1.98. The molecule has 2 rings (SSSR count). The van der Waals surface area contributed by atoms with E-state index in [0.29, 0.717) is 5.56 Å². The number of amides is 2. The Kier molecular flexibility index (Phi) is 4.33. The molecular weight excluding hydrogens is 268 g/mol. The fraction of sp³-hybridized carbons (Fsp3) is 0.188. The van der Waals surface area contributed by atoms with Gasteiger partial charge in [-0.2, -0.15) is 0 Å². The molecule has 0 aliphatic rings. The number of aryl methyl sites for hydroxylation is 2. The molecule has 2 aromatic rings. The highest BCUT2D eigenvalue weighted by Crippen LogP contribution is 2.24. The third kappa shape index (κ3) is 3.89. The number of benzene rings is 2. The molecule has 0 spiro atoms. The molecule has 0 bridgehead atoms. The zero-order valence-corrected chi connectivity index (χ0v) is 12.0. The average Bonchev–Trinajstić information content (AvgIpc) is 2.43. The molecule has 0 aliphatic carbocycles. The second kappa shape index (κ2) is 6.17. The number of phenols is 2. The number of rotatable bonds is 3. The van der Waals surface area contributed by atoms with Crippen LogP contribution in [0.4, 0.5) is 10.5 Å². The lowest BCUT2D eigenvalue weighted by Gasteiger charge is -2.11. The van der Waals surface area contributed by atoms with Crippen molar-refractivity contribution in [3.05, 3.63) is 53.1 Å². The molecule has 21 heavy (non-hydrogen) atoms. The third-order valence-electron chi connectivity index (χ3n) is 3.12. The summed E-state index contributed by atoms with van der Waals surface area (Å²) >= 11 is 0. The highest BCUT2D eigenvalue weighted by Gasteiger charge is 2.05. The molecule has 0 atom stereocenters. The van der Waals surface area contributed by atoms with Crippen molar-refractivity contribution >= 4 is 11.7 Å². The number of anilines is 1. The summed E-state index contributed by atoms with van der Waals surface area (Å²) in [4.78, 5) is 11.8. The quantitative estimate of drug-likeness (QED) is 0.655. The van der Waals surface area contributed by atoms with E-state index in [2.05, 4.69) is 10.6 Å². The highest BCUT2D eigenvalue weighted by atomic mass is 16.3. The highest BCUT2D eigenvalue weighted by molar-refractivity contribution is 5.90. The molecule has 5 heteroatoms. The minimum atomic E-state index is -0.325. The summed E-state index contributed by atoms with van der Waals surface area (Å²) in [6.07, 6.45) is 0. The van der Waals surface area contributed by atoms with E-state index in [-0.39, 0.29) is 24.1 Å². The van der Waals surface area contributed by atoms with Gasteiger partial charge >= 0.3 is 6.03 Å². The molecule has 0 saturated carbocycles. The monoisotopic (exact) mass is 286 g/mol. The normalized spacial score (nSPS) is 10.2. The fourth-order valence-electron chi connectivity index (χ4n) is 1.98. The smallest absolute Gasteiger partial charge is 0.319 e. The summed E-state index contributed by atoms with van der Waals surface area (Å²) in [6, 6.07) is 9.88. The second-order valence-corrected chi connectivity index (χ2v) is 4.95. The second-order valence-electron chi connectivity index (χ2n) is 4.95. The van der Waals surface area contributed by atoms with Crippen molar-refractivity contribution in [1.29, 1.82) is 0 Å². The zero-order valence-electron chi connectivity index (χ0n) is 12.0. The SMILES string of the molecule is Cc1ccc(NC(=O)NCc2ccc(O)c(O)c2)c(C)c1. The molecule has 110 valence electrons. The minimum absolute atomic E-state index is 0.182. The van der Waals surface area contributed by atoms with Crippen molar-refractivity contribution in [2.75, 3.05) is 5.32 Å². The van der Waals surface area contributed by atoms with Crippen molar-refractivity contribution < 1.29 is 15.0 Å². The van der Waals surface area contributed by atoms with Gasteiger partial charge < -0.3 is 20.8 Å². The van der Waals surface area contributed by atoms with E-state index < -0.39 is 0 Å². The van der Waals surface area contributed by atoms with E-state index in [0.717, 1.165) is 16.8 Å². The van der Waals surface area contributed by atoms with Crippen molar-refractivity contribution in [1.82, 2.24) is 5.32 Å². The van der Waals surface area contributed by atoms with Crippen LogP contribution in [0.1, 0.15) is 16.7 Å². The van der Waals surface area contributed by atoms with Gasteiger partial charge in [-0.05, 0) is 43.2 Å². The zero-order chi connectivity index (χ0) is 15.4. The van der Waals surface area contributed by atoms with Gasteiger partial charge in [0.2, 0.25) is 0 Å². The van der Waals surface area contributed by atoms with Crippen LogP contribution in [0.3, 0.4) is 0 Å². The summed E-state index contributed by atoms with van der Waals surface area (Å²) in [5.74, 6) is -0.387. The number of hydrogen-bond donors (Lipinski definition) is 4. The summed E-state index contributed by atoms with van der Waals surface area (Å²) in [6.45, 7) is 4.18. The third-order valence-corrected chi connectivity index (χ3v) is 3.12. The first-order chi connectivity index (χ1) is 9.95. The molecule has 4 N–H and O–H groups in total. The van der Waals surface area contributed by atoms with Gasteiger partial charge in [0.1, 0.15) is 0 Å². The van der Waals surface area contributed by atoms with E-state index in [1.165, 1.54) is 12.1 Å². The summed E-state index contributed by atoms with van der Waals surface area (Å²) in [5.41, 5.74) is 3.58. The van der Waals surface area contributed by atoms with Crippen LogP contribution in [0.2, 0.25) is 0 Å². The Balaban J connectivity index is 1.94. The summed E-state index contributed by atoms with van der Waals surface area (Å²) < 4.78 is 0. The van der Waals surface area contributed by atoms with Crippen molar-refractivity contribution in [3.63, 3.8) is 0 Å². The standard InChI is InChI=1S/C16H18N2O3/c1-10-3-5-13(11(2)7-10)18-16(21)17-9-12-4-6-14(19)15(20)8-12/h3-8,19-20H,9H2,1-2H3,(H2,17,18,21). The molecule has 0 saturated heterocycles. The van der Waals surface area contributed by atoms with Crippen LogP contribution in [-0.4, -0.2) is 16.2 Å². The van der Waals surface area contributed by atoms with Gasteiger partial charge in [0.25, 0.3) is 0 Å². The Labute approximate surface area is 123 Å². The molecular formula is C16H18N2O3. The number of aromatic hydroxyl groups is 2. The van der Waals surface area contributed by atoms with E-state index in [4.69, 9.17) is 0 Å². The lowest BCUT2D eigenvalue weighted by molar-refractivity contribution is 0.251. The van der Waals surface area contributed by atoms with Gasteiger partial charge in [-0.15, -0.1) is 0 Å². The molecule has 0 heterocycles. The molecule has 0 fully saturated rings. The van der Waals surface area contributed by atoms with Gasteiger partial charge in [0, 0.05) is 12.2 Å². The van der Waals surface area contributed by atoms with E-state index >= 15 is 0 Å². The molecule has 0 unspecified atom stereocenters. The Hall–Kier alpha value is -2.69. The first kappa shape index (κ1) is 14.7. The number of carbonyl (C=O) groups excluding carboxylic acids is 1. The van der Waals surface area contributed by atoms with Gasteiger partial charge in [-0.3, -0.25) is 0 Å². The molecule has 0 aliphatic heterocycles. The summed E-state index contributed by atoms with van der Waals surface area (Å²) in [7, 11) is 0. The average molecular weight is 286 g/mol. The maximum Gasteiger partial charge on any atom is 0.319 e. The molecule has 0 radical (unpaired) electrons. The van der Waals surface area contributed by atoms with Crippen LogP contribution in [-0.2, 0) is 6.54 Å². The Morgan fingerprint density at radius 2 is 1.81 bits per heavy atom. The number of hydrogen-bond acceptors (Lipinski definition) is 3. The van der Waals surface area contributed by atoms with Gasteiger partial charge in [0.05, 0.1) is 0 Å². The Morgan fingerprint density at radius 3 is 2.48 bits per heavy atom. The number of carbonyl (C=O) groups is 1. The number of urea groups is 1. The lowest BCUT2D eigenvalue weighted by Crippen LogP contribution is -2.28. The molecule has 5 nitrogen and oxygen atoms in total. The van der Waals surface area contributed by atoms with Gasteiger partial charge in [0.15, 0.2) is 11.5 Å². The van der Waals surface area contributed by atoms with Crippen molar-refractivity contribution in [3.8, 4) is 11.5 Å². The van der Waals surface area contributed by atoms with E-state index in [1.54, 1.807) is 6.07 Å². The van der Waals surface area contributed by atoms with Crippen molar-refractivity contribution in [2.24, 2.45) is 0 Å². The van der Waals surface area contributed by atoms with Crippen LogP contribution in [0.15, 0.2) is 36.4 Å². The molecule has 2 aromatic carbocycles.